The fourth-order valence-corrected chi connectivity index (χ4v) is 2.39. The van der Waals surface area contributed by atoms with E-state index in [2.05, 4.69) is 26.2 Å². The molecule has 0 aromatic carbocycles. The maximum atomic E-state index is 10.3. The predicted octanol–water partition coefficient (Wildman–Crippen LogP) is 1.47. The molecule has 5 heteroatoms. The standard InChI is InChI=1S/C12H17BrN2O2/c1-9-12(16,2-3-17-9)8-15-6-10-4-11(13)7-14-5-10/h4-5,7,9,15-16H,2-3,6,8H2,1H3. The Balaban J connectivity index is 1.83. The molecular formula is C12H17BrN2O2. The Morgan fingerprint density at radius 1 is 1.65 bits per heavy atom. The third-order valence-corrected chi connectivity index (χ3v) is 3.61. The van der Waals surface area contributed by atoms with Gasteiger partial charge in [-0.3, -0.25) is 4.98 Å². The van der Waals surface area contributed by atoms with Gasteiger partial charge in [-0.25, -0.2) is 0 Å². The van der Waals surface area contributed by atoms with Crippen LogP contribution >= 0.6 is 15.9 Å². The number of hydrogen-bond acceptors (Lipinski definition) is 4. The Bertz CT molecular complexity index is 389. The molecule has 1 aliphatic rings. The van der Waals surface area contributed by atoms with Crippen LogP contribution in [0.4, 0.5) is 0 Å². The SMILES string of the molecule is CC1OCCC1(O)CNCc1cncc(Br)c1. The first kappa shape index (κ1) is 13.0. The number of halogens is 1. The monoisotopic (exact) mass is 300 g/mol. The number of ether oxygens (including phenoxy) is 1. The zero-order chi connectivity index (χ0) is 12.3. The summed E-state index contributed by atoms with van der Waals surface area (Å²) in [6, 6.07) is 2.01. The van der Waals surface area contributed by atoms with Crippen molar-refractivity contribution in [3.05, 3.63) is 28.5 Å². The topological polar surface area (TPSA) is 54.4 Å². The molecule has 1 aromatic heterocycles. The lowest BCUT2D eigenvalue weighted by molar-refractivity contribution is -0.0263. The Labute approximate surface area is 110 Å². The molecule has 0 amide bonds. The van der Waals surface area contributed by atoms with Crippen molar-refractivity contribution in [3.63, 3.8) is 0 Å². The Morgan fingerprint density at radius 2 is 2.47 bits per heavy atom. The second kappa shape index (κ2) is 5.44. The van der Waals surface area contributed by atoms with Crippen LogP contribution < -0.4 is 5.32 Å². The smallest absolute Gasteiger partial charge is 0.105 e. The van der Waals surface area contributed by atoms with Gasteiger partial charge in [0.1, 0.15) is 5.60 Å². The molecule has 0 bridgehead atoms. The first-order valence-corrected chi connectivity index (χ1v) is 6.53. The van der Waals surface area contributed by atoms with E-state index < -0.39 is 5.60 Å². The molecule has 0 spiro atoms. The molecule has 2 unspecified atom stereocenters. The molecule has 0 saturated carbocycles. The molecule has 1 saturated heterocycles. The summed E-state index contributed by atoms with van der Waals surface area (Å²) in [7, 11) is 0. The minimum Gasteiger partial charge on any atom is -0.386 e. The highest BCUT2D eigenvalue weighted by Gasteiger charge is 2.38. The number of aliphatic hydroxyl groups is 1. The summed E-state index contributed by atoms with van der Waals surface area (Å²) in [5.74, 6) is 0. The van der Waals surface area contributed by atoms with Gasteiger partial charge in [0.15, 0.2) is 0 Å². The minimum atomic E-state index is -0.737. The molecule has 1 aliphatic heterocycles. The molecule has 0 aliphatic carbocycles. The van der Waals surface area contributed by atoms with Gasteiger partial charge in [0.2, 0.25) is 0 Å². The minimum absolute atomic E-state index is 0.101. The van der Waals surface area contributed by atoms with Crippen molar-refractivity contribution >= 4 is 15.9 Å². The summed E-state index contributed by atoms with van der Waals surface area (Å²) >= 11 is 3.38. The average molecular weight is 301 g/mol. The number of aromatic nitrogens is 1. The summed E-state index contributed by atoms with van der Waals surface area (Å²) in [5, 5.41) is 13.5. The van der Waals surface area contributed by atoms with Crippen molar-refractivity contribution in [2.24, 2.45) is 0 Å². The van der Waals surface area contributed by atoms with Crippen LogP contribution in [0.1, 0.15) is 18.9 Å². The highest BCUT2D eigenvalue weighted by atomic mass is 79.9. The Morgan fingerprint density at radius 3 is 3.12 bits per heavy atom. The fraction of sp³-hybridized carbons (Fsp3) is 0.583. The van der Waals surface area contributed by atoms with E-state index in [9.17, 15) is 5.11 Å². The zero-order valence-corrected chi connectivity index (χ0v) is 11.4. The van der Waals surface area contributed by atoms with Gasteiger partial charge < -0.3 is 15.2 Å². The van der Waals surface area contributed by atoms with Gasteiger partial charge in [-0.05, 0) is 34.5 Å². The normalized spacial score (nSPS) is 28.5. The zero-order valence-electron chi connectivity index (χ0n) is 9.82. The molecule has 2 atom stereocenters. The Kier molecular flexibility index (Phi) is 4.14. The van der Waals surface area contributed by atoms with Crippen LogP contribution in [-0.4, -0.2) is 34.9 Å². The van der Waals surface area contributed by atoms with Crippen LogP contribution in [0, 0.1) is 0 Å². The second-order valence-electron chi connectivity index (χ2n) is 4.48. The van der Waals surface area contributed by atoms with Gasteiger partial charge in [-0.1, -0.05) is 0 Å². The van der Waals surface area contributed by atoms with Gasteiger partial charge >= 0.3 is 0 Å². The van der Waals surface area contributed by atoms with Gasteiger partial charge in [0.05, 0.1) is 6.10 Å². The third-order valence-electron chi connectivity index (χ3n) is 3.18. The number of nitrogens with one attached hydrogen (secondary N) is 1. The largest absolute Gasteiger partial charge is 0.386 e. The van der Waals surface area contributed by atoms with E-state index in [0.717, 1.165) is 10.0 Å². The summed E-state index contributed by atoms with van der Waals surface area (Å²) < 4.78 is 6.35. The number of nitrogens with zero attached hydrogens (tertiary/aromatic N) is 1. The lowest BCUT2D eigenvalue weighted by atomic mass is 9.97. The maximum absolute atomic E-state index is 10.3. The van der Waals surface area contributed by atoms with Crippen molar-refractivity contribution in [2.75, 3.05) is 13.2 Å². The number of hydrogen-bond donors (Lipinski definition) is 2. The van der Waals surface area contributed by atoms with Crippen LogP contribution in [0.3, 0.4) is 0 Å². The third kappa shape index (κ3) is 3.25. The van der Waals surface area contributed by atoms with Crippen molar-refractivity contribution in [1.82, 2.24) is 10.3 Å². The average Bonchev–Trinajstić information content (AvgIpc) is 2.60. The first-order valence-electron chi connectivity index (χ1n) is 5.74. The molecule has 1 fully saturated rings. The van der Waals surface area contributed by atoms with E-state index in [1.807, 2.05) is 19.2 Å². The molecule has 94 valence electrons. The van der Waals surface area contributed by atoms with Crippen molar-refractivity contribution in [1.29, 1.82) is 0 Å². The van der Waals surface area contributed by atoms with Gasteiger partial charge in [0.25, 0.3) is 0 Å². The van der Waals surface area contributed by atoms with E-state index in [-0.39, 0.29) is 6.10 Å². The highest BCUT2D eigenvalue weighted by Crippen LogP contribution is 2.24. The quantitative estimate of drug-likeness (QED) is 0.884. The lowest BCUT2D eigenvalue weighted by Gasteiger charge is -2.26. The fourth-order valence-electron chi connectivity index (χ4n) is 1.98. The van der Waals surface area contributed by atoms with Crippen molar-refractivity contribution in [3.8, 4) is 0 Å². The van der Waals surface area contributed by atoms with Gasteiger partial charge in [-0.2, -0.15) is 0 Å². The molecule has 2 heterocycles. The lowest BCUT2D eigenvalue weighted by Crippen LogP contribution is -2.45. The summed E-state index contributed by atoms with van der Waals surface area (Å²) in [5.41, 5.74) is 0.356. The molecule has 4 nitrogen and oxygen atoms in total. The maximum Gasteiger partial charge on any atom is 0.105 e. The highest BCUT2D eigenvalue weighted by molar-refractivity contribution is 9.10. The van der Waals surface area contributed by atoms with Gasteiger partial charge in [0, 0.05) is 43.0 Å². The number of rotatable bonds is 4. The van der Waals surface area contributed by atoms with E-state index in [0.29, 0.717) is 26.1 Å². The van der Waals surface area contributed by atoms with E-state index in [1.165, 1.54) is 0 Å². The first-order chi connectivity index (χ1) is 8.10. The van der Waals surface area contributed by atoms with Gasteiger partial charge in [-0.15, -0.1) is 0 Å². The van der Waals surface area contributed by atoms with E-state index >= 15 is 0 Å². The molecule has 0 radical (unpaired) electrons. The summed E-state index contributed by atoms with van der Waals surface area (Å²) in [4.78, 5) is 4.09. The van der Waals surface area contributed by atoms with Crippen molar-refractivity contribution in [2.45, 2.75) is 31.6 Å². The molecule has 2 N–H and O–H groups in total. The van der Waals surface area contributed by atoms with E-state index in [1.54, 1.807) is 6.20 Å². The molecule has 1 aromatic rings. The summed E-state index contributed by atoms with van der Waals surface area (Å²) in [6.07, 6.45) is 4.16. The molecular weight excluding hydrogens is 284 g/mol. The Hall–Kier alpha value is -0.490. The van der Waals surface area contributed by atoms with Crippen LogP contribution in [0.15, 0.2) is 22.9 Å². The van der Waals surface area contributed by atoms with E-state index in [4.69, 9.17) is 4.74 Å². The van der Waals surface area contributed by atoms with Crippen LogP contribution in [0.25, 0.3) is 0 Å². The number of pyridine rings is 1. The second-order valence-corrected chi connectivity index (χ2v) is 5.40. The molecule has 2 rings (SSSR count). The summed E-state index contributed by atoms with van der Waals surface area (Å²) in [6.45, 7) is 3.79. The van der Waals surface area contributed by atoms with Crippen LogP contribution in [-0.2, 0) is 11.3 Å². The van der Waals surface area contributed by atoms with Crippen molar-refractivity contribution < 1.29 is 9.84 Å². The van der Waals surface area contributed by atoms with Crippen LogP contribution in [0.5, 0.6) is 0 Å². The van der Waals surface area contributed by atoms with Crippen LogP contribution in [0.2, 0.25) is 0 Å². The predicted molar refractivity (Wildman–Crippen MR) is 68.6 cm³/mol. The molecule has 17 heavy (non-hydrogen) atoms.